The number of carbonyl (C=O) groups excluding carboxylic acids is 1. The first-order valence-electron chi connectivity index (χ1n) is 9.06. The molecule has 0 unspecified atom stereocenters. The van der Waals surface area contributed by atoms with Crippen LogP contribution in [-0.2, 0) is 4.79 Å². The number of rotatable bonds is 4. The van der Waals surface area contributed by atoms with E-state index in [2.05, 4.69) is 0 Å². The van der Waals surface area contributed by atoms with Crippen LogP contribution in [0.2, 0.25) is 0 Å². The second-order valence-electron chi connectivity index (χ2n) is 6.68. The Labute approximate surface area is 156 Å². The summed E-state index contributed by atoms with van der Waals surface area (Å²) >= 11 is 0. The normalized spacial score (nSPS) is 17.1. The van der Waals surface area contributed by atoms with Crippen LogP contribution in [-0.4, -0.2) is 19.0 Å². The van der Waals surface area contributed by atoms with E-state index in [1.165, 1.54) is 6.07 Å². The zero-order valence-electron chi connectivity index (χ0n) is 15.1. The van der Waals surface area contributed by atoms with Crippen LogP contribution in [0.1, 0.15) is 25.7 Å². The first-order valence-corrected chi connectivity index (χ1v) is 9.06. The Morgan fingerprint density at radius 2 is 1.74 bits per heavy atom. The Balaban J connectivity index is 1.71. The summed E-state index contributed by atoms with van der Waals surface area (Å²) in [5.74, 6) is 1.42. The minimum atomic E-state index is -0.431. The predicted octanol–water partition coefficient (Wildman–Crippen LogP) is 4.36. The van der Waals surface area contributed by atoms with Crippen LogP contribution in [0.3, 0.4) is 0 Å². The lowest BCUT2D eigenvalue weighted by Crippen LogP contribution is -2.30. The fourth-order valence-corrected chi connectivity index (χ4v) is 3.47. The highest BCUT2D eigenvalue weighted by atomic mass is 16.5. The van der Waals surface area contributed by atoms with Crippen molar-refractivity contribution in [2.75, 3.05) is 7.11 Å². The van der Waals surface area contributed by atoms with Gasteiger partial charge in [0.25, 0.3) is 0 Å². The lowest BCUT2D eigenvalue weighted by Gasteiger charge is -2.21. The standard InChI is InChI=1S/C22H20O5/c1-25-15-8-6-14(7-9-15)18-13-22(24)27-21-12-16(10-11-17(18)21)26-20-5-3-2-4-19(20)23/h6-13,20H,2-5H2,1H3/t20-/m1/s1. The summed E-state index contributed by atoms with van der Waals surface area (Å²) < 4.78 is 16.4. The lowest BCUT2D eigenvalue weighted by atomic mass is 9.96. The van der Waals surface area contributed by atoms with Gasteiger partial charge in [0.1, 0.15) is 17.1 Å². The molecule has 1 atom stereocenters. The fraction of sp³-hybridized carbons (Fsp3) is 0.273. The molecule has 0 aliphatic heterocycles. The van der Waals surface area contributed by atoms with Crippen molar-refractivity contribution in [1.82, 2.24) is 0 Å². The van der Waals surface area contributed by atoms with E-state index in [4.69, 9.17) is 13.9 Å². The summed E-state index contributed by atoms with van der Waals surface area (Å²) in [5, 5.41) is 0.807. The highest BCUT2D eigenvalue weighted by Crippen LogP contribution is 2.31. The molecule has 1 aliphatic carbocycles. The molecule has 138 valence electrons. The van der Waals surface area contributed by atoms with Crippen LogP contribution in [0.15, 0.2) is 57.7 Å². The molecule has 0 amide bonds. The van der Waals surface area contributed by atoms with E-state index >= 15 is 0 Å². The molecule has 3 aromatic rings. The number of benzene rings is 2. The summed E-state index contributed by atoms with van der Waals surface area (Å²) in [7, 11) is 1.61. The van der Waals surface area contributed by atoms with Gasteiger partial charge in [-0.05, 0) is 54.7 Å². The van der Waals surface area contributed by atoms with Crippen molar-refractivity contribution in [3.8, 4) is 22.6 Å². The van der Waals surface area contributed by atoms with E-state index in [1.807, 2.05) is 36.4 Å². The molecular weight excluding hydrogens is 344 g/mol. The molecule has 27 heavy (non-hydrogen) atoms. The third-order valence-corrected chi connectivity index (χ3v) is 4.89. The summed E-state index contributed by atoms with van der Waals surface area (Å²) in [6.07, 6.45) is 2.80. The van der Waals surface area contributed by atoms with E-state index < -0.39 is 11.7 Å². The number of carbonyl (C=O) groups is 1. The van der Waals surface area contributed by atoms with Crippen LogP contribution in [0.5, 0.6) is 11.5 Å². The molecule has 5 heteroatoms. The maximum absolute atomic E-state index is 12.1. The minimum Gasteiger partial charge on any atom is -0.497 e. The molecule has 0 N–H and O–H groups in total. The number of hydrogen-bond donors (Lipinski definition) is 0. The van der Waals surface area contributed by atoms with Gasteiger partial charge in [0, 0.05) is 23.9 Å². The Bertz CT molecular complexity index is 1030. The first-order chi connectivity index (χ1) is 13.1. The Morgan fingerprint density at radius 1 is 0.963 bits per heavy atom. The average Bonchev–Trinajstić information content (AvgIpc) is 2.69. The van der Waals surface area contributed by atoms with Crippen molar-refractivity contribution in [2.24, 2.45) is 0 Å². The number of hydrogen-bond acceptors (Lipinski definition) is 5. The highest BCUT2D eigenvalue weighted by molar-refractivity contribution is 5.94. The van der Waals surface area contributed by atoms with E-state index in [0.717, 1.165) is 41.5 Å². The van der Waals surface area contributed by atoms with Crippen LogP contribution in [0.25, 0.3) is 22.1 Å². The first kappa shape index (κ1) is 17.3. The maximum Gasteiger partial charge on any atom is 0.336 e. The number of ether oxygens (including phenoxy) is 2. The monoisotopic (exact) mass is 364 g/mol. The average molecular weight is 364 g/mol. The second-order valence-corrected chi connectivity index (χ2v) is 6.68. The summed E-state index contributed by atoms with van der Waals surface area (Å²) in [4.78, 5) is 24.1. The van der Waals surface area contributed by atoms with Crippen molar-refractivity contribution in [1.29, 1.82) is 0 Å². The lowest BCUT2D eigenvalue weighted by molar-refractivity contribution is -0.127. The van der Waals surface area contributed by atoms with Crippen molar-refractivity contribution >= 4 is 16.8 Å². The quantitative estimate of drug-likeness (QED) is 0.644. The highest BCUT2D eigenvalue weighted by Gasteiger charge is 2.24. The van der Waals surface area contributed by atoms with E-state index in [0.29, 0.717) is 17.8 Å². The van der Waals surface area contributed by atoms with Gasteiger partial charge in [-0.2, -0.15) is 0 Å². The summed E-state index contributed by atoms with van der Waals surface area (Å²) in [5.41, 5.74) is 1.68. The van der Waals surface area contributed by atoms with Crippen LogP contribution >= 0.6 is 0 Å². The van der Waals surface area contributed by atoms with Gasteiger partial charge >= 0.3 is 5.63 Å². The van der Waals surface area contributed by atoms with E-state index in [-0.39, 0.29) is 5.78 Å². The van der Waals surface area contributed by atoms with E-state index in [9.17, 15) is 9.59 Å². The molecule has 0 radical (unpaired) electrons. The van der Waals surface area contributed by atoms with Gasteiger partial charge in [-0.15, -0.1) is 0 Å². The summed E-state index contributed by atoms with van der Waals surface area (Å²) in [6.45, 7) is 0. The van der Waals surface area contributed by atoms with Gasteiger partial charge in [0.05, 0.1) is 7.11 Å². The van der Waals surface area contributed by atoms with Crippen molar-refractivity contribution in [2.45, 2.75) is 31.8 Å². The van der Waals surface area contributed by atoms with Crippen LogP contribution in [0.4, 0.5) is 0 Å². The van der Waals surface area contributed by atoms with Crippen molar-refractivity contribution in [3.63, 3.8) is 0 Å². The molecule has 0 bridgehead atoms. The van der Waals surface area contributed by atoms with Gasteiger partial charge in [-0.3, -0.25) is 4.79 Å². The number of Topliss-reactive ketones (excluding diaryl/α,β-unsaturated/α-hetero) is 1. The SMILES string of the molecule is COc1ccc(-c2cc(=O)oc3cc(O[C@@H]4CCCCC4=O)ccc23)cc1. The number of ketones is 1. The van der Waals surface area contributed by atoms with Gasteiger partial charge in [0.2, 0.25) is 0 Å². The largest absolute Gasteiger partial charge is 0.497 e. The molecule has 4 rings (SSSR count). The van der Waals surface area contributed by atoms with Gasteiger partial charge in [-0.1, -0.05) is 12.1 Å². The third-order valence-electron chi connectivity index (χ3n) is 4.89. The summed E-state index contributed by atoms with van der Waals surface area (Å²) in [6, 6.07) is 14.3. The molecule has 2 aromatic carbocycles. The van der Waals surface area contributed by atoms with Gasteiger partial charge in [0.15, 0.2) is 11.9 Å². The molecule has 1 aliphatic rings. The van der Waals surface area contributed by atoms with Crippen LogP contribution in [0, 0.1) is 0 Å². The maximum atomic E-state index is 12.1. The van der Waals surface area contributed by atoms with Crippen LogP contribution < -0.4 is 15.1 Å². The molecule has 5 nitrogen and oxygen atoms in total. The molecule has 1 fully saturated rings. The van der Waals surface area contributed by atoms with Crippen molar-refractivity contribution in [3.05, 3.63) is 59.0 Å². The zero-order chi connectivity index (χ0) is 18.8. The Hall–Kier alpha value is -3.08. The fourth-order valence-electron chi connectivity index (χ4n) is 3.47. The molecule has 1 aromatic heterocycles. The number of methoxy groups -OCH3 is 1. The zero-order valence-corrected chi connectivity index (χ0v) is 15.1. The van der Waals surface area contributed by atoms with Crippen molar-refractivity contribution < 1.29 is 18.7 Å². The smallest absolute Gasteiger partial charge is 0.336 e. The molecule has 0 saturated heterocycles. The Kier molecular flexibility index (Phi) is 4.67. The third kappa shape index (κ3) is 3.58. The van der Waals surface area contributed by atoms with E-state index in [1.54, 1.807) is 13.2 Å². The molecular formula is C22H20O5. The predicted molar refractivity (Wildman–Crippen MR) is 102 cm³/mol. The Morgan fingerprint density at radius 3 is 2.48 bits per heavy atom. The molecule has 1 saturated carbocycles. The minimum absolute atomic E-state index is 0.134. The van der Waals surface area contributed by atoms with Gasteiger partial charge < -0.3 is 13.9 Å². The molecule has 1 heterocycles. The van der Waals surface area contributed by atoms with Gasteiger partial charge in [-0.25, -0.2) is 4.79 Å². The molecule has 0 spiro atoms. The number of fused-ring (bicyclic) bond motifs is 1. The topological polar surface area (TPSA) is 65.7 Å². The second kappa shape index (κ2) is 7.27.